The third kappa shape index (κ3) is 5.21. The molecular weight excluding hydrogens is 421 g/mol. The van der Waals surface area contributed by atoms with Gasteiger partial charge in [-0.3, -0.25) is 9.59 Å². The first-order valence-corrected chi connectivity index (χ1v) is 11.0. The van der Waals surface area contributed by atoms with Crippen LogP contribution in [0.5, 0.6) is 0 Å². The zero-order valence-electron chi connectivity index (χ0n) is 18.4. The molecule has 0 saturated carbocycles. The van der Waals surface area contributed by atoms with E-state index in [-0.39, 0.29) is 23.8 Å². The summed E-state index contributed by atoms with van der Waals surface area (Å²) in [6.45, 7) is 3.72. The Morgan fingerprint density at radius 1 is 1.03 bits per heavy atom. The standard InChI is InChI=1S/C26H26FN3O3/c1-2-33-16-6-15-30-24(22-9-3-4-10-23(22)26(30)32)28-21-8-5-7-18(17-21)25(31)29-20-13-11-19(27)12-14-20/h3-5,7-14,17,24,28H,2,6,15-16H2,1H3,(H,29,31). The van der Waals surface area contributed by atoms with Crippen LogP contribution in [0.1, 0.15) is 45.8 Å². The number of fused-ring (bicyclic) bond motifs is 1. The minimum Gasteiger partial charge on any atom is -0.382 e. The van der Waals surface area contributed by atoms with Crippen molar-refractivity contribution in [2.45, 2.75) is 19.5 Å². The minimum absolute atomic E-state index is 0.0233. The normalized spacial score (nSPS) is 14.8. The fourth-order valence-electron chi connectivity index (χ4n) is 3.88. The number of nitrogens with one attached hydrogen (secondary N) is 2. The molecule has 6 nitrogen and oxygen atoms in total. The quantitative estimate of drug-likeness (QED) is 0.449. The predicted molar refractivity (Wildman–Crippen MR) is 126 cm³/mol. The molecule has 3 aromatic rings. The van der Waals surface area contributed by atoms with Crippen LogP contribution in [-0.2, 0) is 4.74 Å². The number of carbonyl (C=O) groups excluding carboxylic acids is 2. The Morgan fingerprint density at radius 3 is 2.61 bits per heavy atom. The molecule has 1 aliphatic heterocycles. The van der Waals surface area contributed by atoms with Gasteiger partial charge in [-0.2, -0.15) is 0 Å². The second-order valence-electron chi connectivity index (χ2n) is 7.72. The Bertz CT molecular complexity index is 1130. The van der Waals surface area contributed by atoms with E-state index in [9.17, 15) is 14.0 Å². The molecule has 0 aromatic heterocycles. The van der Waals surface area contributed by atoms with Gasteiger partial charge in [0.1, 0.15) is 12.0 Å². The van der Waals surface area contributed by atoms with Crippen LogP contribution in [0, 0.1) is 5.82 Å². The van der Waals surface area contributed by atoms with Gasteiger partial charge in [0.15, 0.2) is 0 Å². The molecule has 4 rings (SSSR count). The third-order valence-electron chi connectivity index (χ3n) is 5.48. The smallest absolute Gasteiger partial charge is 0.256 e. The number of halogens is 1. The molecule has 1 aliphatic rings. The van der Waals surface area contributed by atoms with Crippen molar-refractivity contribution in [1.82, 2.24) is 4.90 Å². The second kappa shape index (κ2) is 10.3. The average Bonchev–Trinajstić information content (AvgIpc) is 3.09. The minimum atomic E-state index is -0.364. The number of carbonyl (C=O) groups is 2. The monoisotopic (exact) mass is 447 g/mol. The summed E-state index contributed by atoms with van der Waals surface area (Å²) in [5, 5.41) is 6.19. The molecule has 3 aromatic carbocycles. The molecule has 1 heterocycles. The highest BCUT2D eigenvalue weighted by molar-refractivity contribution is 6.05. The van der Waals surface area contributed by atoms with E-state index in [1.54, 1.807) is 23.1 Å². The van der Waals surface area contributed by atoms with Crippen LogP contribution in [0.2, 0.25) is 0 Å². The molecule has 0 fully saturated rings. The van der Waals surface area contributed by atoms with Gasteiger partial charge in [0.2, 0.25) is 0 Å². The number of benzene rings is 3. The number of ether oxygens (including phenoxy) is 1. The summed E-state index contributed by atoms with van der Waals surface area (Å²) < 4.78 is 18.6. The predicted octanol–water partition coefficient (Wildman–Crippen LogP) is 5.07. The number of anilines is 2. The molecule has 1 unspecified atom stereocenters. The highest BCUT2D eigenvalue weighted by Gasteiger charge is 2.36. The second-order valence-corrected chi connectivity index (χ2v) is 7.72. The van der Waals surface area contributed by atoms with E-state index in [0.717, 1.165) is 12.0 Å². The van der Waals surface area contributed by atoms with Gasteiger partial charge in [0.25, 0.3) is 11.8 Å². The van der Waals surface area contributed by atoms with Crippen molar-refractivity contribution >= 4 is 23.2 Å². The van der Waals surface area contributed by atoms with Crippen LogP contribution in [0.25, 0.3) is 0 Å². The van der Waals surface area contributed by atoms with E-state index in [0.29, 0.717) is 42.3 Å². The van der Waals surface area contributed by atoms with E-state index >= 15 is 0 Å². The first kappa shape index (κ1) is 22.5. The number of rotatable bonds is 9. The Balaban J connectivity index is 1.52. The zero-order chi connectivity index (χ0) is 23.2. The largest absolute Gasteiger partial charge is 0.382 e. The van der Waals surface area contributed by atoms with Crippen LogP contribution in [0.15, 0.2) is 72.8 Å². The highest BCUT2D eigenvalue weighted by Crippen LogP contribution is 2.34. The maximum absolute atomic E-state index is 13.1. The van der Waals surface area contributed by atoms with Gasteiger partial charge < -0.3 is 20.3 Å². The lowest BCUT2D eigenvalue weighted by atomic mass is 10.1. The van der Waals surface area contributed by atoms with Crippen molar-refractivity contribution in [3.63, 3.8) is 0 Å². The van der Waals surface area contributed by atoms with E-state index < -0.39 is 0 Å². The topological polar surface area (TPSA) is 70.7 Å². The van der Waals surface area contributed by atoms with Gasteiger partial charge in [0.05, 0.1) is 0 Å². The van der Waals surface area contributed by atoms with E-state index in [1.165, 1.54) is 24.3 Å². The Morgan fingerprint density at radius 2 is 1.82 bits per heavy atom. The summed E-state index contributed by atoms with van der Waals surface area (Å²) in [7, 11) is 0. The first-order chi connectivity index (χ1) is 16.1. The molecule has 170 valence electrons. The molecule has 0 radical (unpaired) electrons. The Hall–Kier alpha value is -3.71. The lowest BCUT2D eigenvalue weighted by Crippen LogP contribution is -2.33. The molecule has 1 atom stereocenters. The lowest BCUT2D eigenvalue weighted by molar-refractivity contribution is 0.0708. The number of amides is 2. The zero-order valence-corrected chi connectivity index (χ0v) is 18.4. The first-order valence-electron chi connectivity index (χ1n) is 11.0. The van der Waals surface area contributed by atoms with Gasteiger partial charge >= 0.3 is 0 Å². The summed E-state index contributed by atoms with van der Waals surface area (Å²) in [5.41, 5.74) is 3.25. The summed E-state index contributed by atoms with van der Waals surface area (Å²) in [4.78, 5) is 27.5. The van der Waals surface area contributed by atoms with Crippen LogP contribution in [0.3, 0.4) is 0 Å². The number of hydrogen-bond donors (Lipinski definition) is 2. The maximum Gasteiger partial charge on any atom is 0.256 e. The average molecular weight is 448 g/mol. The maximum atomic E-state index is 13.1. The number of hydrogen-bond acceptors (Lipinski definition) is 4. The number of nitrogens with zero attached hydrogens (tertiary/aromatic N) is 1. The van der Waals surface area contributed by atoms with Crippen molar-refractivity contribution in [3.8, 4) is 0 Å². The van der Waals surface area contributed by atoms with Crippen molar-refractivity contribution in [3.05, 3.63) is 95.3 Å². The summed E-state index contributed by atoms with van der Waals surface area (Å²) in [5.74, 6) is -0.692. The van der Waals surface area contributed by atoms with Crippen molar-refractivity contribution < 1.29 is 18.7 Å². The van der Waals surface area contributed by atoms with Crippen LogP contribution in [-0.4, -0.2) is 36.5 Å². The van der Waals surface area contributed by atoms with Crippen molar-refractivity contribution in [2.24, 2.45) is 0 Å². The molecule has 0 bridgehead atoms. The summed E-state index contributed by atoms with van der Waals surface area (Å²) >= 11 is 0. The van der Waals surface area contributed by atoms with Crippen molar-refractivity contribution in [1.29, 1.82) is 0 Å². The van der Waals surface area contributed by atoms with Crippen LogP contribution < -0.4 is 10.6 Å². The van der Waals surface area contributed by atoms with Gasteiger partial charge in [0, 0.05) is 47.8 Å². The molecule has 0 saturated heterocycles. The van der Waals surface area contributed by atoms with Gasteiger partial charge in [-0.15, -0.1) is 0 Å². The molecular formula is C26H26FN3O3. The van der Waals surface area contributed by atoms with Gasteiger partial charge in [-0.1, -0.05) is 24.3 Å². The fourth-order valence-corrected chi connectivity index (χ4v) is 3.88. The molecule has 7 heteroatoms. The SMILES string of the molecule is CCOCCCN1C(=O)c2ccccc2C1Nc1cccc(C(=O)Nc2ccc(F)cc2)c1. The summed E-state index contributed by atoms with van der Waals surface area (Å²) in [6, 6.07) is 20.2. The van der Waals surface area contributed by atoms with E-state index in [2.05, 4.69) is 10.6 Å². The Kier molecular flexibility index (Phi) is 7.00. The molecule has 33 heavy (non-hydrogen) atoms. The third-order valence-corrected chi connectivity index (χ3v) is 5.48. The van der Waals surface area contributed by atoms with Gasteiger partial charge in [-0.25, -0.2) is 4.39 Å². The summed E-state index contributed by atoms with van der Waals surface area (Å²) in [6.07, 6.45) is 0.386. The van der Waals surface area contributed by atoms with Crippen LogP contribution in [0.4, 0.5) is 15.8 Å². The molecule has 0 aliphatic carbocycles. The highest BCUT2D eigenvalue weighted by atomic mass is 19.1. The van der Waals surface area contributed by atoms with E-state index in [4.69, 9.17) is 4.74 Å². The fraction of sp³-hybridized carbons (Fsp3) is 0.231. The lowest BCUT2D eigenvalue weighted by Gasteiger charge is -2.27. The Labute approximate surface area is 192 Å². The van der Waals surface area contributed by atoms with Gasteiger partial charge in [-0.05, 0) is 61.9 Å². The van der Waals surface area contributed by atoms with Crippen LogP contribution >= 0.6 is 0 Å². The molecule has 2 amide bonds. The van der Waals surface area contributed by atoms with E-state index in [1.807, 2.05) is 37.3 Å². The molecule has 0 spiro atoms. The molecule has 2 N–H and O–H groups in total. The van der Waals surface area contributed by atoms with Crippen molar-refractivity contribution in [2.75, 3.05) is 30.4 Å².